The van der Waals surface area contributed by atoms with Crippen LogP contribution < -0.4 is 15.5 Å². The van der Waals surface area contributed by atoms with E-state index in [-0.39, 0.29) is 17.9 Å². The molecular weight excluding hydrogens is 637 g/mol. The number of carbonyl (C=O) groups is 2. The van der Waals surface area contributed by atoms with Gasteiger partial charge in [-0.3, -0.25) is 24.4 Å². The van der Waals surface area contributed by atoms with Crippen LogP contribution in [-0.4, -0.2) is 113 Å². The number of benzene rings is 1. The van der Waals surface area contributed by atoms with Gasteiger partial charge in [0.25, 0.3) is 5.91 Å². The van der Waals surface area contributed by atoms with Gasteiger partial charge in [-0.05, 0) is 73.7 Å². The summed E-state index contributed by atoms with van der Waals surface area (Å²) in [6, 6.07) is 13.6. The summed E-state index contributed by atoms with van der Waals surface area (Å²) in [6.45, 7) is 7.39. The minimum atomic E-state index is -0.697. The number of anilines is 2. The molecule has 0 radical (unpaired) electrons. The molecule has 0 aliphatic carbocycles. The third-order valence-electron chi connectivity index (χ3n) is 9.63. The number of rotatable bonds is 10. The van der Waals surface area contributed by atoms with E-state index in [1.807, 2.05) is 42.5 Å². The third kappa shape index (κ3) is 8.52. The minimum absolute atomic E-state index is 0.0554. The normalized spacial score (nSPS) is 19.6. The number of nitrogens with one attached hydrogen (secondary N) is 3. The first-order valence-corrected chi connectivity index (χ1v) is 17.6. The van der Waals surface area contributed by atoms with Gasteiger partial charge in [0.05, 0.1) is 18.6 Å². The first-order valence-electron chi connectivity index (χ1n) is 17.6. The summed E-state index contributed by atoms with van der Waals surface area (Å²) in [5.74, 6) is 0.528. The van der Waals surface area contributed by atoms with Crippen LogP contribution in [-0.2, 0) is 16.1 Å². The Morgan fingerprint density at radius 1 is 0.960 bits per heavy atom. The third-order valence-corrected chi connectivity index (χ3v) is 9.63. The zero-order chi connectivity index (χ0) is 34.3. The number of hydrogen-bond donors (Lipinski definition) is 3. The fraction of sp³-hybridized carbons (Fsp3) is 0.432. The van der Waals surface area contributed by atoms with E-state index in [0.717, 1.165) is 85.8 Å². The Morgan fingerprint density at radius 3 is 2.60 bits per heavy atom. The number of nitrogens with zero attached hydrogens (tertiary/aromatic N) is 6. The van der Waals surface area contributed by atoms with Gasteiger partial charge in [0.2, 0.25) is 5.91 Å². The molecule has 262 valence electrons. The number of aromatic amines is 1. The first kappa shape index (κ1) is 33.8. The number of carbonyl (C=O) groups excluding carboxylic acids is 2. The number of likely N-dealkylation sites (tertiary alicyclic amines) is 2. The molecule has 7 rings (SSSR count). The number of piperidine rings is 2. The van der Waals surface area contributed by atoms with Crippen LogP contribution in [0.2, 0.25) is 0 Å². The van der Waals surface area contributed by atoms with Crippen molar-refractivity contribution in [3.8, 4) is 11.3 Å². The van der Waals surface area contributed by atoms with Gasteiger partial charge in [0.15, 0.2) is 0 Å². The molecule has 12 nitrogen and oxygen atoms in total. The van der Waals surface area contributed by atoms with Crippen LogP contribution in [0.4, 0.5) is 15.9 Å². The molecule has 3 fully saturated rings. The Labute approximate surface area is 291 Å². The second kappa shape index (κ2) is 15.9. The van der Waals surface area contributed by atoms with Crippen LogP contribution in [0.15, 0.2) is 67.1 Å². The fourth-order valence-corrected chi connectivity index (χ4v) is 6.95. The van der Waals surface area contributed by atoms with Crippen molar-refractivity contribution >= 4 is 34.4 Å². The fourth-order valence-electron chi connectivity index (χ4n) is 6.95. The smallest absolute Gasteiger partial charge is 0.274 e. The summed E-state index contributed by atoms with van der Waals surface area (Å²) in [5, 5.41) is 7.08. The second-order valence-corrected chi connectivity index (χ2v) is 13.3. The molecule has 0 unspecified atom stereocenters. The number of H-pyrrole nitrogens is 1. The highest BCUT2D eigenvalue weighted by Gasteiger charge is 2.22. The second-order valence-electron chi connectivity index (χ2n) is 13.3. The number of ether oxygens (including phenoxy) is 1. The molecule has 0 bridgehead atoms. The van der Waals surface area contributed by atoms with Gasteiger partial charge >= 0.3 is 0 Å². The van der Waals surface area contributed by atoms with E-state index in [1.54, 1.807) is 18.6 Å². The van der Waals surface area contributed by atoms with Crippen LogP contribution in [0.1, 0.15) is 41.7 Å². The molecule has 13 heteroatoms. The topological polar surface area (TPSA) is 132 Å². The largest absolute Gasteiger partial charge is 0.378 e. The minimum Gasteiger partial charge on any atom is -0.378 e. The van der Waals surface area contributed by atoms with Crippen molar-refractivity contribution < 1.29 is 18.7 Å². The predicted octanol–water partition coefficient (Wildman–Crippen LogP) is 4.18. The van der Waals surface area contributed by atoms with Gasteiger partial charge < -0.3 is 25.3 Å². The van der Waals surface area contributed by atoms with Crippen molar-refractivity contribution in [2.45, 2.75) is 44.4 Å². The summed E-state index contributed by atoms with van der Waals surface area (Å²) in [6.07, 6.45) is 9.05. The highest BCUT2D eigenvalue weighted by atomic mass is 19.1. The molecule has 3 aromatic heterocycles. The van der Waals surface area contributed by atoms with Crippen LogP contribution in [0.3, 0.4) is 0 Å². The van der Waals surface area contributed by atoms with Crippen LogP contribution in [0.5, 0.6) is 0 Å². The van der Waals surface area contributed by atoms with Gasteiger partial charge in [-0.2, -0.15) is 0 Å². The molecule has 0 spiro atoms. The predicted molar refractivity (Wildman–Crippen MR) is 191 cm³/mol. The molecule has 0 saturated carbocycles. The molecule has 3 aliphatic rings. The summed E-state index contributed by atoms with van der Waals surface area (Å²) in [5.41, 5.74) is 4.67. The van der Waals surface area contributed by atoms with Crippen LogP contribution in [0, 0.1) is 0 Å². The molecule has 2 amide bonds. The molecule has 3 N–H and O–H groups in total. The number of alkyl halides is 1. The van der Waals surface area contributed by atoms with Gasteiger partial charge in [-0.15, -0.1) is 0 Å². The lowest BCUT2D eigenvalue weighted by Gasteiger charge is -2.33. The SMILES string of the molecule is O=C(/C=C/CN1CCC(F)CC1)N[C@@H]1CCCN(Cc2ccnc(C(=O)Nc3ccc(-c4cc5c(N6CCOCC6)ncnc5[nH]4)cc3)c2)C1. The lowest BCUT2D eigenvalue weighted by Crippen LogP contribution is -2.47. The number of pyridine rings is 1. The van der Waals surface area contributed by atoms with E-state index in [0.29, 0.717) is 50.5 Å². The summed E-state index contributed by atoms with van der Waals surface area (Å²) < 4.78 is 18.9. The Balaban J connectivity index is 0.912. The molecule has 3 aliphatic heterocycles. The average Bonchev–Trinajstić information content (AvgIpc) is 3.58. The molecular formula is C37H44FN9O3. The van der Waals surface area contributed by atoms with E-state index in [4.69, 9.17) is 4.74 Å². The Hall–Kier alpha value is -4.72. The maximum Gasteiger partial charge on any atom is 0.274 e. The quantitative estimate of drug-likeness (QED) is 0.211. The average molecular weight is 682 g/mol. The van der Waals surface area contributed by atoms with Crippen molar-refractivity contribution in [3.63, 3.8) is 0 Å². The van der Waals surface area contributed by atoms with Gasteiger partial charge in [0, 0.05) is 75.5 Å². The van der Waals surface area contributed by atoms with E-state index in [2.05, 4.69) is 51.3 Å². The van der Waals surface area contributed by atoms with Crippen molar-refractivity contribution in [2.75, 3.05) is 69.2 Å². The lowest BCUT2D eigenvalue weighted by molar-refractivity contribution is -0.117. The van der Waals surface area contributed by atoms with E-state index < -0.39 is 6.17 Å². The van der Waals surface area contributed by atoms with Crippen molar-refractivity contribution in [2.24, 2.45) is 0 Å². The maximum atomic E-state index is 13.4. The van der Waals surface area contributed by atoms with Crippen LogP contribution in [0.25, 0.3) is 22.3 Å². The number of hydrogen-bond acceptors (Lipinski definition) is 9. The number of morpholine rings is 1. The van der Waals surface area contributed by atoms with Crippen molar-refractivity contribution in [1.82, 2.24) is 35.1 Å². The molecule has 3 saturated heterocycles. The van der Waals surface area contributed by atoms with Gasteiger partial charge in [0.1, 0.15) is 29.7 Å². The monoisotopic (exact) mass is 681 g/mol. The number of fused-ring (bicyclic) bond motifs is 1. The zero-order valence-electron chi connectivity index (χ0n) is 28.2. The Morgan fingerprint density at radius 2 is 1.78 bits per heavy atom. The zero-order valence-corrected chi connectivity index (χ0v) is 28.2. The van der Waals surface area contributed by atoms with Crippen molar-refractivity contribution in [3.05, 3.63) is 78.4 Å². The molecule has 6 heterocycles. The van der Waals surface area contributed by atoms with E-state index in [9.17, 15) is 14.0 Å². The highest BCUT2D eigenvalue weighted by molar-refractivity contribution is 6.03. The van der Waals surface area contributed by atoms with Gasteiger partial charge in [-0.25, -0.2) is 14.4 Å². The lowest BCUT2D eigenvalue weighted by atomic mass is 10.0. The maximum absolute atomic E-state index is 13.4. The number of aromatic nitrogens is 4. The van der Waals surface area contributed by atoms with E-state index in [1.165, 1.54) is 0 Å². The summed E-state index contributed by atoms with van der Waals surface area (Å²) in [7, 11) is 0. The van der Waals surface area contributed by atoms with E-state index >= 15 is 0 Å². The number of halogens is 1. The summed E-state index contributed by atoms with van der Waals surface area (Å²) >= 11 is 0. The highest BCUT2D eigenvalue weighted by Crippen LogP contribution is 2.30. The first-order chi connectivity index (χ1) is 24.5. The van der Waals surface area contributed by atoms with Crippen LogP contribution >= 0.6 is 0 Å². The Kier molecular flexibility index (Phi) is 10.7. The van der Waals surface area contributed by atoms with Gasteiger partial charge in [-0.1, -0.05) is 18.2 Å². The standard InChI is InChI=1S/C37H44FN9O3/c38-28-10-15-45(16-11-28)13-2-4-34(48)42-30-3-1-14-46(24-30)23-26-9-12-39-33(21-26)37(49)43-29-7-5-27(6-8-29)32-22-31-35(44-32)40-25-41-36(31)47-17-19-50-20-18-47/h2,4-9,12,21-22,25,28,30H,1,3,10-11,13-20,23-24H2,(H,42,48)(H,43,49)(H,40,41,44)/b4-2+/t30-/m1/s1. The van der Waals surface area contributed by atoms with Crippen molar-refractivity contribution in [1.29, 1.82) is 0 Å². The molecule has 50 heavy (non-hydrogen) atoms. The number of amides is 2. The molecule has 1 aromatic carbocycles. The molecule has 4 aromatic rings. The molecule has 1 atom stereocenters. The summed E-state index contributed by atoms with van der Waals surface area (Å²) in [4.78, 5) is 49.2. The Bertz CT molecular complexity index is 1800.